The maximum Gasteiger partial charge on any atom is 0.416 e. The minimum atomic E-state index is -4.68. The fourth-order valence-corrected chi connectivity index (χ4v) is 3.39. The summed E-state index contributed by atoms with van der Waals surface area (Å²) < 4.78 is 79.8. The molecule has 1 aromatic rings. The van der Waals surface area contributed by atoms with E-state index in [0.717, 1.165) is 12.8 Å². The monoisotopic (exact) mass is 382 g/mol. The molecule has 1 aliphatic rings. The molecule has 26 heavy (non-hydrogen) atoms. The zero-order chi connectivity index (χ0) is 19.4. The predicted molar refractivity (Wildman–Crippen MR) is 87.8 cm³/mol. The van der Waals surface area contributed by atoms with Gasteiger partial charge in [0.15, 0.2) is 0 Å². The van der Waals surface area contributed by atoms with Gasteiger partial charge in [0.05, 0.1) is 11.1 Å². The highest BCUT2D eigenvalue weighted by molar-refractivity contribution is 5.37. The third kappa shape index (κ3) is 5.36. The smallest absolute Gasteiger partial charge is 0.314 e. The van der Waals surface area contributed by atoms with Crippen molar-refractivity contribution in [1.29, 1.82) is 0 Å². The Kier molecular flexibility index (Phi) is 6.96. The Morgan fingerprint density at radius 1 is 1.00 bits per heavy atom. The number of piperazine rings is 1. The van der Waals surface area contributed by atoms with Gasteiger partial charge in [0.1, 0.15) is 0 Å². The van der Waals surface area contributed by atoms with Crippen LogP contribution in [0.15, 0.2) is 18.2 Å². The summed E-state index contributed by atoms with van der Waals surface area (Å²) in [6.07, 6.45) is -6.53. The molecular weight excluding hydrogens is 358 g/mol. The Bertz CT molecular complexity index is 576. The second-order valence-corrected chi connectivity index (χ2v) is 6.60. The summed E-state index contributed by atoms with van der Waals surface area (Å²) in [5, 5.41) is 3.12. The lowest BCUT2D eigenvalue weighted by molar-refractivity contribution is -0.142. The van der Waals surface area contributed by atoms with E-state index in [0.29, 0.717) is 57.2 Å². The first-order valence-electron chi connectivity index (χ1n) is 8.87. The van der Waals surface area contributed by atoms with Gasteiger partial charge in [-0.15, -0.1) is 0 Å². The molecule has 0 unspecified atom stereocenters. The average Bonchev–Trinajstić information content (AvgIpc) is 2.57. The topological polar surface area (TPSA) is 15.3 Å². The van der Waals surface area contributed by atoms with Gasteiger partial charge in [-0.3, -0.25) is 4.90 Å². The van der Waals surface area contributed by atoms with Crippen molar-refractivity contribution in [3.8, 4) is 0 Å². The highest BCUT2D eigenvalue weighted by Gasteiger charge is 2.39. The summed E-state index contributed by atoms with van der Waals surface area (Å²) in [5.74, 6) is 0. The molecule has 1 heterocycles. The number of nitrogens with zero attached hydrogens (tertiary/aromatic N) is 1. The summed E-state index contributed by atoms with van der Waals surface area (Å²) >= 11 is 0. The predicted octanol–water partition coefficient (Wildman–Crippen LogP) is 5.25. The van der Waals surface area contributed by atoms with Gasteiger partial charge in [0, 0.05) is 32.2 Å². The summed E-state index contributed by atoms with van der Waals surface area (Å²) in [7, 11) is 0. The van der Waals surface area contributed by atoms with Crippen molar-refractivity contribution in [3.63, 3.8) is 0 Å². The van der Waals surface area contributed by atoms with E-state index in [1.165, 1.54) is 0 Å². The van der Waals surface area contributed by atoms with Crippen LogP contribution in [-0.4, -0.2) is 31.1 Å². The van der Waals surface area contributed by atoms with Crippen molar-refractivity contribution in [2.45, 2.75) is 51.0 Å². The molecule has 0 spiro atoms. The van der Waals surface area contributed by atoms with E-state index in [1.54, 1.807) is 0 Å². The molecule has 0 bridgehead atoms. The molecule has 0 amide bonds. The fourth-order valence-electron chi connectivity index (χ4n) is 3.39. The van der Waals surface area contributed by atoms with Gasteiger partial charge < -0.3 is 5.32 Å². The summed E-state index contributed by atoms with van der Waals surface area (Å²) in [6, 6.07) is 1.13. The molecule has 0 radical (unpaired) electrons. The van der Waals surface area contributed by atoms with Crippen LogP contribution in [0.4, 0.5) is 26.3 Å². The highest BCUT2D eigenvalue weighted by Crippen LogP contribution is 2.41. The first kappa shape index (κ1) is 21.0. The van der Waals surface area contributed by atoms with Crippen molar-refractivity contribution in [1.82, 2.24) is 10.2 Å². The standard InChI is InChI=1S/C18H24F6N2/c1-2-3-4-5-16(26-10-8-25-9-11-26)14-12-13(17(19,20)21)6-7-15(14)18(22,23)24/h6-7,12,16,25H,2-5,8-11H2,1H3/t16-/m0/s1. The number of halogens is 6. The van der Waals surface area contributed by atoms with Gasteiger partial charge >= 0.3 is 12.4 Å². The maximum absolute atomic E-state index is 13.5. The molecule has 2 nitrogen and oxygen atoms in total. The van der Waals surface area contributed by atoms with Crippen LogP contribution in [0.2, 0.25) is 0 Å². The van der Waals surface area contributed by atoms with Gasteiger partial charge in [-0.05, 0) is 30.2 Å². The Morgan fingerprint density at radius 3 is 2.19 bits per heavy atom. The van der Waals surface area contributed by atoms with Crippen LogP contribution in [0.5, 0.6) is 0 Å². The first-order valence-corrected chi connectivity index (χ1v) is 8.87. The Hall–Kier alpha value is -1.28. The van der Waals surface area contributed by atoms with E-state index in [-0.39, 0.29) is 5.56 Å². The molecule has 8 heteroatoms. The summed E-state index contributed by atoms with van der Waals surface area (Å²) in [5.41, 5.74) is -2.26. The van der Waals surface area contributed by atoms with Gasteiger partial charge in [-0.25, -0.2) is 0 Å². The number of rotatable bonds is 6. The van der Waals surface area contributed by atoms with E-state index in [1.807, 2.05) is 11.8 Å². The minimum Gasteiger partial charge on any atom is -0.314 e. The summed E-state index contributed by atoms with van der Waals surface area (Å²) in [4.78, 5) is 1.87. The third-order valence-electron chi connectivity index (χ3n) is 4.72. The lowest BCUT2D eigenvalue weighted by Gasteiger charge is -2.36. The van der Waals surface area contributed by atoms with Gasteiger partial charge in [0.2, 0.25) is 0 Å². The number of alkyl halides is 6. The van der Waals surface area contributed by atoms with Crippen LogP contribution in [0, 0.1) is 0 Å². The molecule has 1 aliphatic heterocycles. The van der Waals surface area contributed by atoms with Crippen molar-refractivity contribution >= 4 is 0 Å². The van der Waals surface area contributed by atoms with Crippen molar-refractivity contribution < 1.29 is 26.3 Å². The quantitative estimate of drug-likeness (QED) is 0.534. The highest BCUT2D eigenvalue weighted by atomic mass is 19.4. The van der Waals surface area contributed by atoms with Crippen molar-refractivity contribution in [3.05, 3.63) is 34.9 Å². The Balaban J connectivity index is 2.47. The molecule has 1 aromatic carbocycles. The molecule has 1 N–H and O–H groups in total. The summed E-state index contributed by atoms with van der Waals surface area (Å²) in [6.45, 7) is 4.25. The van der Waals surface area contributed by atoms with Crippen LogP contribution in [0.3, 0.4) is 0 Å². The van der Waals surface area contributed by atoms with Gasteiger partial charge in [-0.2, -0.15) is 26.3 Å². The Labute approximate surface area is 149 Å². The zero-order valence-electron chi connectivity index (χ0n) is 14.7. The normalized spacial score (nSPS) is 18.1. The van der Waals surface area contributed by atoms with E-state index >= 15 is 0 Å². The van der Waals surface area contributed by atoms with Crippen molar-refractivity contribution in [2.75, 3.05) is 26.2 Å². The minimum absolute atomic E-state index is 0.259. The van der Waals surface area contributed by atoms with Crippen LogP contribution in [0.1, 0.15) is 55.3 Å². The maximum atomic E-state index is 13.5. The first-order chi connectivity index (χ1) is 12.1. The average molecular weight is 382 g/mol. The van der Waals surface area contributed by atoms with Crippen LogP contribution in [-0.2, 0) is 12.4 Å². The second kappa shape index (κ2) is 8.61. The van der Waals surface area contributed by atoms with E-state index in [2.05, 4.69) is 5.32 Å². The van der Waals surface area contributed by atoms with Crippen LogP contribution in [0.25, 0.3) is 0 Å². The van der Waals surface area contributed by atoms with Gasteiger partial charge in [0.25, 0.3) is 0 Å². The fraction of sp³-hybridized carbons (Fsp3) is 0.667. The Morgan fingerprint density at radius 2 is 1.65 bits per heavy atom. The molecule has 0 aliphatic carbocycles. The molecule has 0 aromatic heterocycles. The lowest BCUT2D eigenvalue weighted by Crippen LogP contribution is -2.45. The molecule has 148 valence electrons. The number of benzene rings is 1. The van der Waals surface area contributed by atoms with E-state index in [4.69, 9.17) is 0 Å². The second-order valence-electron chi connectivity index (χ2n) is 6.60. The zero-order valence-corrected chi connectivity index (χ0v) is 14.7. The third-order valence-corrected chi connectivity index (χ3v) is 4.72. The number of nitrogens with one attached hydrogen (secondary N) is 1. The largest absolute Gasteiger partial charge is 0.416 e. The molecule has 1 atom stereocenters. The number of hydrogen-bond acceptors (Lipinski definition) is 2. The van der Waals surface area contributed by atoms with Crippen LogP contribution >= 0.6 is 0 Å². The van der Waals surface area contributed by atoms with E-state index < -0.39 is 29.5 Å². The van der Waals surface area contributed by atoms with Crippen molar-refractivity contribution in [2.24, 2.45) is 0 Å². The number of unbranched alkanes of at least 4 members (excludes halogenated alkanes) is 2. The molecule has 0 saturated carbocycles. The number of hydrogen-bond donors (Lipinski definition) is 1. The molecule has 1 fully saturated rings. The SMILES string of the molecule is CCCCC[C@@H](c1cc(C(F)(F)F)ccc1C(F)(F)F)N1CCNCC1. The van der Waals surface area contributed by atoms with Crippen LogP contribution < -0.4 is 5.32 Å². The van der Waals surface area contributed by atoms with E-state index in [9.17, 15) is 26.3 Å². The molecule has 1 saturated heterocycles. The lowest BCUT2D eigenvalue weighted by atomic mass is 9.92. The molecule has 2 rings (SSSR count). The molecular formula is C18H24F6N2. The van der Waals surface area contributed by atoms with Gasteiger partial charge in [-0.1, -0.05) is 26.2 Å².